The summed E-state index contributed by atoms with van der Waals surface area (Å²) < 4.78 is 5.23. The van der Waals surface area contributed by atoms with E-state index in [-0.39, 0.29) is 12.0 Å². The average molecular weight is 220 g/mol. The summed E-state index contributed by atoms with van der Waals surface area (Å²) in [5.74, 6) is -0.184. The van der Waals surface area contributed by atoms with Crippen LogP contribution in [0.25, 0.3) is 0 Å². The van der Waals surface area contributed by atoms with Crippen LogP contribution in [0.4, 0.5) is 0 Å². The molecule has 1 fully saturated rings. The number of rotatable bonds is 3. The molecule has 1 atom stereocenters. The van der Waals surface area contributed by atoms with Crippen LogP contribution in [-0.4, -0.2) is 18.6 Å². The van der Waals surface area contributed by atoms with Crippen LogP contribution in [0, 0.1) is 0 Å². The van der Waals surface area contributed by atoms with Crippen LogP contribution in [0.15, 0.2) is 30.3 Å². The summed E-state index contributed by atoms with van der Waals surface area (Å²) in [4.78, 5) is 11.6. The van der Waals surface area contributed by atoms with Gasteiger partial charge in [-0.15, -0.1) is 0 Å². The Morgan fingerprint density at radius 2 is 2.19 bits per heavy atom. The Morgan fingerprint density at radius 1 is 1.38 bits per heavy atom. The Morgan fingerprint density at radius 3 is 2.88 bits per heavy atom. The lowest BCUT2D eigenvalue weighted by molar-refractivity contribution is -0.148. The maximum Gasteiger partial charge on any atom is 0.324 e. The quantitative estimate of drug-likeness (QED) is 0.746. The van der Waals surface area contributed by atoms with E-state index < -0.39 is 0 Å². The van der Waals surface area contributed by atoms with Gasteiger partial charge in [-0.1, -0.05) is 30.3 Å². The van der Waals surface area contributed by atoms with E-state index in [4.69, 9.17) is 4.74 Å². The zero-order chi connectivity index (χ0) is 11.2. The molecule has 1 aromatic carbocycles. The van der Waals surface area contributed by atoms with Gasteiger partial charge in [0.2, 0.25) is 0 Å². The molecular weight excluding hydrogens is 204 g/mol. The summed E-state index contributed by atoms with van der Waals surface area (Å²) >= 11 is 0. The van der Waals surface area contributed by atoms with Crippen LogP contribution >= 0.6 is 0 Å². The molecule has 16 heavy (non-hydrogen) atoms. The highest BCUT2D eigenvalue weighted by Gasteiger charge is 2.21. The number of benzene rings is 1. The minimum Gasteiger partial charge on any atom is -0.460 e. The molecule has 0 bridgehead atoms. The Labute approximate surface area is 95.0 Å². The molecule has 0 saturated carbocycles. The van der Waals surface area contributed by atoms with Gasteiger partial charge in [0.05, 0.1) is 0 Å². The number of ether oxygens (including phenoxy) is 1. The first kappa shape index (κ1) is 11.1. The predicted octanol–water partition coefficient (Wildman–Crippen LogP) is 0.986. The fourth-order valence-electron chi connectivity index (χ4n) is 1.67. The van der Waals surface area contributed by atoms with Crippen LogP contribution in [-0.2, 0) is 16.1 Å². The third-order valence-corrected chi connectivity index (χ3v) is 2.58. The molecule has 4 nitrogen and oxygen atoms in total. The third-order valence-electron chi connectivity index (χ3n) is 2.58. The number of hydrazine groups is 1. The van der Waals surface area contributed by atoms with Crippen molar-refractivity contribution in [2.45, 2.75) is 25.5 Å². The van der Waals surface area contributed by atoms with Crippen LogP contribution < -0.4 is 10.9 Å². The van der Waals surface area contributed by atoms with Crippen LogP contribution in [0.2, 0.25) is 0 Å². The standard InChI is InChI=1S/C12H16N2O2/c15-12(11-7-4-8-13-14-11)16-9-10-5-2-1-3-6-10/h1-3,5-6,11,13-14H,4,7-9H2. The number of carbonyl (C=O) groups is 1. The second kappa shape index (κ2) is 5.63. The van der Waals surface area contributed by atoms with E-state index in [9.17, 15) is 4.79 Å². The minimum atomic E-state index is -0.211. The maximum atomic E-state index is 11.6. The summed E-state index contributed by atoms with van der Waals surface area (Å²) in [7, 11) is 0. The molecule has 0 amide bonds. The first-order valence-corrected chi connectivity index (χ1v) is 5.55. The van der Waals surface area contributed by atoms with E-state index in [1.54, 1.807) is 0 Å². The molecule has 1 saturated heterocycles. The lowest BCUT2D eigenvalue weighted by atomic mass is 10.1. The lowest BCUT2D eigenvalue weighted by Gasteiger charge is -2.22. The van der Waals surface area contributed by atoms with Gasteiger partial charge in [-0.25, -0.2) is 5.43 Å². The third kappa shape index (κ3) is 3.05. The summed E-state index contributed by atoms with van der Waals surface area (Å²) in [5, 5.41) is 0. The van der Waals surface area contributed by atoms with Gasteiger partial charge in [-0.2, -0.15) is 0 Å². The number of hydrogen-bond donors (Lipinski definition) is 2. The second-order valence-corrected chi connectivity index (χ2v) is 3.86. The molecule has 0 aromatic heterocycles. The van der Waals surface area contributed by atoms with Crippen molar-refractivity contribution >= 4 is 5.97 Å². The molecule has 0 spiro atoms. The minimum absolute atomic E-state index is 0.184. The monoisotopic (exact) mass is 220 g/mol. The molecule has 2 rings (SSSR count). The van der Waals surface area contributed by atoms with Gasteiger partial charge >= 0.3 is 5.97 Å². The van der Waals surface area contributed by atoms with Gasteiger partial charge in [-0.05, 0) is 18.4 Å². The molecule has 1 unspecified atom stereocenters. The van der Waals surface area contributed by atoms with Gasteiger partial charge < -0.3 is 4.74 Å². The zero-order valence-corrected chi connectivity index (χ0v) is 9.11. The van der Waals surface area contributed by atoms with Crippen molar-refractivity contribution in [2.24, 2.45) is 0 Å². The molecule has 2 N–H and O–H groups in total. The van der Waals surface area contributed by atoms with Crippen LogP contribution in [0.1, 0.15) is 18.4 Å². The molecule has 1 aliphatic rings. The van der Waals surface area contributed by atoms with Crippen LogP contribution in [0.5, 0.6) is 0 Å². The summed E-state index contributed by atoms with van der Waals surface area (Å²) in [5.41, 5.74) is 6.91. The normalized spacial score (nSPS) is 20.4. The first-order chi connectivity index (χ1) is 7.86. The molecule has 1 aliphatic heterocycles. The first-order valence-electron chi connectivity index (χ1n) is 5.55. The smallest absolute Gasteiger partial charge is 0.324 e. The van der Waals surface area contributed by atoms with Crippen molar-refractivity contribution in [2.75, 3.05) is 6.54 Å². The SMILES string of the molecule is O=C(OCc1ccccc1)C1CCCNN1. The molecule has 4 heteroatoms. The molecule has 0 aliphatic carbocycles. The highest BCUT2D eigenvalue weighted by molar-refractivity contribution is 5.75. The largest absolute Gasteiger partial charge is 0.460 e. The Bertz CT molecular complexity index is 334. The van der Waals surface area contributed by atoms with Crippen molar-refractivity contribution in [1.82, 2.24) is 10.9 Å². The van der Waals surface area contributed by atoms with Crippen molar-refractivity contribution < 1.29 is 9.53 Å². The van der Waals surface area contributed by atoms with E-state index in [0.717, 1.165) is 24.9 Å². The predicted molar refractivity (Wildman–Crippen MR) is 60.4 cm³/mol. The molecule has 1 heterocycles. The topological polar surface area (TPSA) is 50.4 Å². The number of carbonyl (C=O) groups excluding carboxylic acids is 1. The maximum absolute atomic E-state index is 11.6. The fraction of sp³-hybridized carbons (Fsp3) is 0.417. The van der Waals surface area contributed by atoms with Gasteiger partial charge in [0, 0.05) is 6.54 Å². The second-order valence-electron chi connectivity index (χ2n) is 3.86. The zero-order valence-electron chi connectivity index (χ0n) is 9.11. The number of nitrogens with one attached hydrogen (secondary N) is 2. The van der Waals surface area contributed by atoms with E-state index in [1.807, 2.05) is 30.3 Å². The summed E-state index contributed by atoms with van der Waals surface area (Å²) in [6.45, 7) is 1.25. The van der Waals surface area contributed by atoms with Crippen molar-refractivity contribution in [3.8, 4) is 0 Å². The lowest BCUT2D eigenvalue weighted by Crippen LogP contribution is -2.50. The van der Waals surface area contributed by atoms with E-state index in [1.165, 1.54) is 0 Å². The van der Waals surface area contributed by atoms with Gasteiger partial charge in [0.15, 0.2) is 0 Å². The molecule has 86 valence electrons. The van der Waals surface area contributed by atoms with Crippen molar-refractivity contribution in [1.29, 1.82) is 0 Å². The van der Waals surface area contributed by atoms with Crippen LogP contribution in [0.3, 0.4) is 0 Å². The van der Waals surface area contributed by atoms with Crippen molar-refractivity contribution in [3.05, 3.63) is 35.9 Å². The number of hydrogen-bond acceptors (Lipinski definition) is 4. The van der Waals surface area contributed by atoms with E-state index >= 15 is 0 Å². The Hall–Kier alpha value is -1.39. The van der Waals surface area contributed by atoms with Gasteiger partial charge in [0.25, 0.3) is 0 Å². The fourth-order valence-corrected chi connectivity index (χ4v) is 1.67. The summed E-state index contributed by atoms with van der Waals surface area (Å²) in [6, 6.07) is 9.49. The van der Waals surface area contributed by atoms with E-state index in [2.05, 4.69) is 10.9 Å². The summed E-state index contributed by atoms with van der Waals surface area (Å²) in [6.07, 6.45) is 1.83. The highest BCUT2D eigenvalue weighted by atomic mass is 16.5. The van der Waals surface area contributed by atoms with Crippen molar-refractivity contribution in [3.63, 3.8) is 0 Å². The van der Waals surface area contributed by atoms with Gasteiger partial charge in [-0.3, -0.25) is 10.2 Å². The molecular formula is C12H16N2O2. The Kier molecular flexibility index (Phi) is 3.91. The number of esters is 1. The molecule has 1 aromatic rings. The Balaban J connectivity index is 1.79. The van der Waals surface area contributed by atoms with E-state index in [0.29, 0.717) is 6.61 Å². The average Bonchev–Trinajstić information content (AvgIpc) is 2.38. The molecule has 0 radical (unpaired) electrons. The van der Waals surface area contributed by atoms with Gasteiger partial charge in [0.1, 0.15) is 12.6 Å². The highest BCUT2D eigenvalue weighted by Crippen LogP contribution is 2.06.